The van der Waals surface area contributed by atoms with Crippen LogP contribution in [0.2, 0.25) is 0 Å². The maximum absolute atomic E-state index is 3.40. The van der Waals surface area contributed by atoms with Crippen molar-refractivity contribution >= 4 is 0 Å². The molecule has 0 aliphatic rings. The number of nitrogens with one attached hydrogen (secondary N) is 1. The van der Waals surface area contributed by atoms with Gasteiger partial charge >= 0.3 is 0 Å². The van der Waals surface area contributed by atoms with Gasteiger partial charge in [-0.2, -0.15) is 0 Å². The number of rotatable bonds is 9. The molecule has 3 heteroatoms. The van der Waals surface area contributed by atoms with E-state index in [1.54, 1.807) is 0 Å². The van der Waals surface area contributed by atoms with E-state index in [4.69, 9.17) is 0 Å². The highest BCUT2D eigenvalue weighted by Crippen LogP contribution is 2.11. The van der Waals surface area contributed by atoms with E-state index in [0.29, 0.717) is 0 Å². The lowest BCUT2D eigenvalue weighted by Crippen LogP contribution is -2.28. The molecule has 0 aliphatic carbocycles. The van der Waals surface area contributed by atoms with Crippen LogP contribution >= 0.6 is 0 Å². The van der Waals surface area contributed by atoms with Gasteiger partial charge in [0, 0.05) is 19.6 Å². The van der Waals surface area contributed by atoms with Gasteiger partial charge in [0.25, 0.3) is 0 Å². The van der Waals surface area contributed by atoms with Crippen LogP contribution in [0.15, 0.2) is 24.3 Å². The van der Waals surface area contributed by atoms with Gasteiger partial charge in [0.1, 0.15) is 0 Å². The van der Waals surface area contributed by atoms with Crippen molar-refractivity contribution in [2.24, 2.45) is 0 Å². The Morgan fingerprint density at radius 3 is 2.32 bits per heavy atom. The number of hydrogen-bond donors (Lipinski definition) is 1. The first-order valence-corrected chi connectivity index (χ1v) is 7.24. The summed E-state index contributed by atoms with van der Waals surface area (Å²) in [6.45, 7) is 7.52. The summed E-state index contributed by atoms with van der Waals surface area (Å²) in [5.74, 6) is 0. The Hall–Kier alpha value is -0.900. The molecule has 0 heterocycles. The monoisotopic (exact) mass is 263 g/mol. The van der Waals surface area contributed by atoms with Crippen molar-refractivity contribution in [3.05, 3.63) is 35.4 Å². The molecule has 0 aromatic heterocycles. The van der Waals surface area contributed by atoms with Crippen LogP contribution in [0.1, 0.15) is 18.1 Å². The third kappa shape index (κ3) is 6.71. The molecular weight excluding hydrogens is 234 g/mol. The lowest BCUT2D eigenvalue weighted by Gasteiger charge is -2.21. The molecule has 0 amide bonds. The molecule has 1 rings (SSSR count). The van der Waals surface area contributed by atoms with Crippen molar-refractivity contribution in [1.82, 2.24) is 15.1 Å². The number of hydrogen-bond acceptors (Lipinski definition) is 3. The average molecular weight is 263 g/mol. The van der Waals surface area contributed by atoms with Crippen molar-refractivity contribution in [2.45, 2.75) is 19.9 Å². The van der Waals surface area contributed by atoms with Crippen molar-refractivity contribution in [3.63, 3.8) is 0 Å². The summed E-state index contributed by atoms with van der Waals surface area (Å²) in [4.78, 5) is 4.62. The molecule has 108 valence electrons. The van der Waals surface area contributed by atoms with Gasteiger partial charge in [0.05, 0.1) is 0 Å². The maximum Gasteiger partial charge on any atom is 0.0233 e. The number of benzene rings is 1. The molecule has 1 N–H and O–H groups in total. The molecule has 19 heavy (non-hydrogen) atoms. The lowest BCUT2D eigenvalue weighted by molar-refractivity contribution is 0.276. The smallest absolute Gasteiger partial charge is 0.0233 e. The summed E-state index contributed by atoms with van der Waals surface area (Å²) in [6, 6.07) is 8.80. The summed E-state index contributed by atoms with van der Waals surface area (Å²) in [5.41, 5.74) is 2.93. The minimum absolute atomic E-state index is 1.04. The summed E-state index contributed by atoms with van der Waals surface area (Å²) in [5, 5.41) is 3.40. The van der Waals surface area contributed by atoms with Crippen LogP contribution in [0.4, 0.5) is 0 Å². The first-order chi connectivity index (χ1) is 9.13. The van der Waals surface area contributed by atoms with E-state index < -0.39 is 0 Å². The van der Waals surface area contributed by atoms with E-state index in [0.717, 1.165) is 39.1 Å². The van der Waals surface area contributed by atoms with Gasteiger partial charge in [0.2, 0.25) is 0 Å². The van der Waals surface area contributed by atoms with Crippen molar-refractivity contribution in [1.29, 1.82) is 0 Å². The first-order valence-electron chi connectivity index (χ1n) is 7.24. The van der Waals surface area contributed by atoms with Crippen LogP contribution in [-0.2, 0) is 13.0 Å². The highest BCUT2D eigenvalue weighted by atomic mass is 15.1. The van der Waals surface area contributed by atoms with E-state index in [9.17, 15) is 0 Å². The minimum Gasteiger partial charge on any atom is -0.317 e. The van der Waals surface area contributed by atoms with Crippen LogP contribution in [0.3, 0.4) is 0 Å². The fraction of sp³-hybridized carbons (Fsp3) is 0.625. The van der Waals surface area contributed by atoms with Crippen LogP contribution in [0.25, 0.3) is 0 Å². The molecule has 0 spiro atoms. The number of likely N-dealkylation sites (N-methyl/N-ethyl adjacent to an activating group) is 3. The molecule has 0 bridgehead atoms. The molecule has 0 unspecified atom stereocenters. The highest BCUT2D eigenvalue weighted by molar-refractivity contribution is 5.27. The van der Waals surface area contributed by atoms with Gasteiger partial charge in [-0.3, -0.25) is 0 Å². The standard InChI is InChI=1S/C16H29N3/c1-5-17-11-10-15-8-6-7-9-16(15)14-19(4)13-12-18(2)3/h6-9,17H,5,10-14H2,1-4H3. The molecule has 0 saturated carbocycles. The fourth-order valence-electron chi connectivity index (χ4n) is 2.10. The zero-order chi connectivity index (χ0) is 14.1. The molecule has 0 radical (unpaired) electrons. The van der Waals surface area contributed by atoms with Crippen LogP contribution in [0, 0.1) is 0 Å². The quantitative estimate of drug-likeness (QED) is 0.686. The van der Waals surface area contributed by atoms with Crippen molar-refractivity contribution in [3.8, 4) is 0 Å². The normalized spacial score (nSPS) is 11.5. The van der Waals surface area contributed by atoms with Gasteiger partial charge in [-0.25, -0.2) is 0 Å². The Kier molecular flexibility index (Phi) is 7.72. The van der Waals surface area contributed by atoms with E-state index in [1.165, 1.54) is 11.1 Å². The first kappa shape index (κ1) is 16.2. The third-order valence-electron chi connectivity index (χ3n) is 3.31. The largest absolute Gasteiger partial charge is 0.317 e. The highest BCUT2D eigenvalue weighted by Gasteiger charge is 2.05. The second-order valence-electron chi connectivity index (χ2n) is 5.41. The van der Waals surface area contributed by atoms with Crippen LogP contribution in [-0.4, -0.2) is 57.1 Å². The fourth-order valence-corrected chi connectivity index (χ4v) is 2.10. The third-order valence-corrected chi connectivity index (χ3v) is 3.31. The maximum atomic E-state index is 3.40. The Morgan fingerprint density at radius 2 is 1.68 bits per heavy atom. The molecule has 0 fully saturated rings. The average Bonchev–Trinajstić information content (AvgIpc) is 2.39. The van der Waals surface area contributed by atoms with E-state index in [1.807, 2.05) is 0 Å². The van der Waals surface area contributed by atoms with Crippen molar-refractivity contribution in [2.75, 3.05) is 47.3 Å². The Morgan fingerprint density at radius 1 is 1.00 bits per heavy atom. The Balaban J connectivity index is 2.51. The molecule has 1 aromatic carbocycles. The van der Waals surface area contributed by atoms with Crippen LogP contribution in [0.5, 0.6) is 0 Å². The second-order valence-corrected chi connectivity index (χ2v) is 5.41. The summed E-state index contributed by atoms with van der Waals surface area (Å²) >= 11 is 0. The zero-order valence-electron chi connectivity index (χ0n) is 12.9. The van der Waals surface area contributed by atoms with Gasteiger partial charge < -0.3 is 15.1 Å². The van der Waals surface area contributed by atoms with Gasteiger partial charge in [-0.1, -0.05) is 31.2 Å². The molecular formula is C16H29N3. The van der Waals surface area contributed by atoms with Crippen LogP contribution < -0.4 is 5.32 Å². The topological polar surface area (TPSA) is 18.5 Å². The van der Waals surface area contributed by atoms with Gasteiger partial charge in [-0.05, 0) is 51.8 Å². The second kappa shape index (κ2) is 9.08. The lowest BCUT2D eigenvalue weighted by atomic mass is 10.0. The summed E-state index contributed by atoms with van der Waals surface area (Å²) in [6.07, 6.45) is 1.12. The molecule has 0 aliphatic heterocycles. The van der Waals surface area contributed by atoms with E-state index in [-0.39, 0.29) is 0 Å². The minimum atomic E-state index is 1.04. The Bertz CT molecular complexity index is 350. The molecule has 0 saturated heterocycles. The van der Waals surface area contributed by atoms with Gasteiger partial charge in [0.15, 0.2) is 0 Å². The molecule has 1 aromatic rings. The van der Waals surface area contributed by atoms with Crippen molar-refractivity contribution < 1.29 is 0 Å². The predicted molar refractivity (Wildman–Crippen MR) is 83.6 cm³/mol. The number of nitrogens with zero attached hydrogens (tertiary/aromatic N) is 2. The summed E-state index contributed by atoms with van der Waals surface area (Å²) in [7, 11) is 6.45. The van der Waals surface area contributed by atoms with Gasteiger partial charge in [-0.15, -0.1) is 0 Å². The molecule has 3 nitrogen and oxygen atoms in total. The molecule has 0 atom stereocenters. The SMILES string of the molecule is CCNCCc1ccccc1CN(C)CCN(C)C. The zero-order valence-corrected chi connectivity index (χ0v) is 12.9. The van der Waals surface area contributed by atoms with E-state index >= 15 is 0 Å². The Labute approximate surface area is 118 Å². The predicted octanol–water partition coefficient (Wildman–Crippen LogP) is 1.83. The summed E-state index contributed by atoms with van der Waals surface area (Å²) < 4.78 is 0. The van der Waals surface area contributed by atoms with E-state index in [2.05, 4.69) is 67.4 Å².